The molecule has 4 nitrogen and oxygen atoms in total. The van der Waals surface area contributed by atoms with Crippen LogP contribution in [0.5, 0.6) is 0 Å². The number of carbonyl (C=O) groups excluding carboxylic acids is 1. The van der Waals surface area contributed by atoms with Gasteiger partial charge in [-0.15, -0.1) is 0 Å². The van der Waals surface area contributed by atoms with Gasteiger partial charge < -0.3 is 14.5 Å². The van der Waals surface area contributed by atoms with Crippen LogP contribution in [0.3, 0.4) is 0 Å². The molecule has 2 heterocycles. The number of piperidine rings is 1. The molecule has 2 saturated heterocycles. The molecule has 2 fully saturated rings. The number of ether oxygens (including phenoxy) is 1. The number of fused-ring (bicyclic) bond motifs is 1. The lowest BCUT2D eigenvalue weighted by molar-refractivity contribution is -0.152. The zero-order valence-electron chi connectivity index (χ0n) is 15.9. The fourth-order valence-corrected chi connectivity index (χ4v) is 4.57. The summed E-state index contributed by atoms with van der Waals surface area (Å²) in [5, 5.41) is 0. The minimum absolute atomic E-state index is 0.0514. The highest BCUT2D eigenvalue weighted by atomic mass is 19.1. The Bertz CT molecular complexity index is 659. The Morgan fingerprint density at radius 2 is 2.08 bits per heavy atom. The molecule has 2 atom stereocenters. The number of halogens is 1. The number of methoxy groups -OCH3 is 1. The van der Waals surface area contributed by atoms with E-state index in [1.165, 1.54) is 6.07 Å². The topological polar surface area (TPSA) is 32.8 Å². The average Bonchev–Trinajstić information content (AvgIpc) is 2.82. The first kappa shape index (κ1) is 18.2. The largest absolute Gasteiger partial charge is 0.369 e. The standard InChI is InChI=1S/C20H29FN2O2/c1-19(2)12-14-13-22(18(24)20(3,4)25-5)10-9-17(14)23(19)16-8-6-7-15(21)11-16/h6-8,11,14,17H,9-10,12-13H2,1-5H3/t14-,17+/m1/s1. The first-order chi connectivity index (χ1) is 11.7. The Morgan fingerprint density at radius 1 is 1.36 bits per heavy atom. The molecule has 2 aliphatic heterocycles. The average molecular weight is 348 g/mol. The van der Waals surface area contributed by atoms with E-state index in [1.54, 1.807) is 19.2 Å². The van der Waals surface area contributed by atoms with Crippen LogP contribution in [0.2, 0.25) is 0 Å². The highest BCUT2D eigenvalue weighted by Gasteiger charge is 2.49. The van der Waals surface area contributed by atoms with Gasteiger partial charge in [0.1, 0.15) is 11.4 Å². The number of carbonyl (C=O) groups is 1. The Labute approximate surface area is 149 Å². The van der Waals surface area contributed by atoms with Gasteiger partial charge in [0.05, 0.1) is 0 Å². The number of hydrogen-bond acceptors (Lipinski definition) is 3. The zero-order valence-corrected chi connectivity index (χ0v) is 15.9. The molecule has 1 amide bonds. The molecule has 0 saturated carbocycles. The van der Waals surface area contributed by atoms with Crippen LogP contribution in [-0.2, 0) is 9.53 Å². The predicted molar refractivity (Wildman–Crippen MR) is 97.1 cm³/mol. The molecule has 0 radical (unpaired) electrons. The second-order valence-corrected chi connectivity index (χ2v) is 8.45. The fourth-order valence-electron chi connectivity index (χ4n) is 4.57. The van der Waals surface area contributed by atoms with Crippen LogP contribution in [0.1, 0.15) is 40.5 Å². The molecule has 0 N–H and O–H groups in total. The number of rotatable bonds is 3. The lowest BCUT2D eigenvalue weighted by atomic mass is 9.89. The monoisotopic (exact) mass is 348 g/mol. The van der Waals surface area contributed by atoms with Gasteiger partial charge in [0.2, 0.25) is 0 Å². The van der Waals surface area contributed by atoms with Crippen LogP contribution >= 0.6 is 0 Å². The first-order valence-electron chi connectivity index (χ1n) is 9.05. The SMILES string of the molecule is COC(C)(C)C(=O)N1CC[C@H]2[C@@H](C1)CC(C)(C)N2c1cccc(F)c1. The van der Waals surface area contributed by atoms with Gasteiger partial charge in [0, 0.05) is 37.5 Å². The van der Waals surface area contributed by atoms with Gasteiger partial charge in [-0.3, -0.25) is 4.79 Å². The zero-order chi connectivity index (χ0) is 18.4. The summed E-state index contributed by atoms with van der Waals surface area (Å²) in [4.78, 5) is 17.0. The lowest BCUT2D eigenvalue weighted by Gasteiger charge is -2.43. The van der Waals surface area contributed by atoms with Crippen LogP contribution in [0, 0.1) is 11.7 Å². The molecule has 3 rings (SSSR count). The van der Waals surface area contributed by atoms with E-state index in [9.17, 15) is 9.18 Å². The van der Waals surface area contributed by atoms with Crippen LogP contribution < -0.4 is 4.90 Å². The molecule has 0 aromatic heterocycles. The smallest absolute Gasteiger partial charge is 0.254 e. The molecule has 0 unspecified atom stereocenters. The van der Waals surface area contributed by atoms with E-state index < -0.39 is 5.60 Å². The molecule has 0 bridgehead atoms. The van der Waals surface area contributed by atoms with Gasteiger partial charge in [0.25, 0.3) is 5.91 Å². The molecule has 0 aliphatic carbocycles. The Hall–Kier alpha value is -1.62. The van der Waals surface area contributed by atoms with E-state index in [0.717, 1.165) is 25.1 Å². The van der Waals surface area contributed by atoms with Gasteiger partial charge >= 0.3 is 0 Å². The molecule has 1 aromatic carbocycles. The number of benzene rings is 1. The van der Waals surface area contributed by atoms with Crippen LogP contribution in [-0.4, -0.2) is 48.2 Å². The Balaban J connectivity index is 1.82. The van der Waals surface area contributed by atoms with Crippen molar-refractivity contribution in [1.82, 2.24) is 4.90 Å². The van der Waals surface area contributed by atoms with Crippen molar-refractivity contribution >= 4 is 11.6 Å². The van der Waals surface area contributed by atoms with E-state index >= 15 is 0 Å². The van der Waals surface area contributed by atoms with Gasteiger partial charge in [-0.25, -0.2) is 4.39 Å². The number of amides is 1. The van der Waals surface area contributed by atoms with E-state index in [-0.39, 0.29) is 17.3 Å². The summed E-state index contributed by atoms with van der Waals surface area (Å²) in [5.74, 6) is 0.241. The van der Waals surface area contributed by atoms with E-state index in [1.807, 2.05) is 24.8 Å². The van der Waals surface area contributed by atoms with Crippen LogP contribution in [0.15, 0.2) is 24.3 Å². The highest BCUT2D eigenvalue weighted by Crippen LogP contribution is 2.45. The maximum atomic E-state index is 13.7. The number of likely N-dealkylation sites (tertiary alicyclic amines) is 1. The quantitative estimate of drug-likeness (QED) is 0.839. The summed E-state index contributed by atoms with van der Waals surface area (Å²) in [5.41, 5.74) is 0.0943. The van der Waals surface area contributed by atoms with Crippen molar-refractivity contribution < 1.29 is 13.9 Å². The highest BCUT2D eigenvalue weighted by molar-refractivity contribution is 5.84. The molecule has 1 aromatic rings. The van der Waals surface area contributed by atoms with Crippen molar-refractivity contribution in [2.75, 3.05) is 25.1 Å². The van der Waals surface area contributed by atoms with Gasteiger partial charge in [0.15, 0.2) is 0 Å². The van der Waals surface area contributed by atoms with Crippen molar-refractivity contribution in [3.63, 3.8) is 0 Å². The molecule has 25 heavy (non-hydrogen) atoms. The summed E-state index contributed by atoms with van der Waals surface area (Å²) < 4.78 is 19.1. The lowest BCUT2D eigenvalue weighted by Crippen LogP contribution is -2.54. The molecule has 2 aliphatic rings. The second kappa shape index (κ2) is 6.27. The minimum Gasteiger partial charge on any atom is -0.369 e. The van der Waals surface area contributed by atoms with E-state index in [2.05, 4.69) is 18.7 Å². The maximum absolute atomic E-state index is 13.7. The molecule has 0 spiro atoms. The maximum Gasteiger partial charge on any atom is 0.254 e. The third kappa shape index (κ3) is 3.26. The normalized spacial score (nSPS) is 25.8. The predicted octanol–water partition coefficient (Wildman–Crippen LogP) is 3.46. The van der Waals surface area contributed by atoms with Crippen molar-refractivity contribution in [3.8, 4) is 0 Å². The summed E-state index contributed by atoms with van der Waals surface area (Å²) in [7, 11) is 1.58. The Morgan fingerprint density at radius 3 is 2.72 bits per heavy atom. The van der Waals surface area contributed by atoms with Crippen molar-refractivity contribution in [3.05, 3.63) is 30.1 Å². The second-order valence-electron chi connectivity index (χ2n) is 8.45. The summed E-state index contributed by atoms with van der Waals surface area (Å²) in [6.07, 6.45) is 1.89. The van der Waals surface area contributed by atoms with Gasteiger partial charge in [-0.05, 0) is 64.7 Å². The van der Waals surface area contributed by atoms with Gasteiger partial charge in [-0.1, -0.05) is 6.07 Å². The summed E-state index contributed by atoms with van der Waals surface area (Å²) in [6, 6.07) is 7.20. The van der Waals surface area contributed by atoms with Crippen molar-refractivity contribution in [2.45, 2.75) is 57.7 Å². The Kier molecular flexibility index (Phi) is 4.56. The first-order valence-corrected chi connectivity index (χ1v) is 9.05. The number of nitrogens with zero attached hydrogens (tertiary/aromatic N) is 2. The minimum atomic E-state index is -0.788. The third-order valence-electron chi connectivity index (χ3n) is 5.84. The molecular formula is C20H29FN2O2. The van der Waals surface area contributed by atoms with Crippen molar-refractivity contribution in [2.24, 2.45) is 5.92 Å². The molecule has 138 valence electrons. The molecule has 5 heteroatoms. The van der Waals surface area contributed by atoms with E-state index in [0.29, 0.717) is 18.5 Å². The summed E-state index contributed by atoms with van der Waals surface area (Å²) in [6.45, 7) is 9.52. The van der Waals surface area contributed by atoms with Crippen LogP contribution in [0.4, 0.5) is 10.1 Å². The number of hydrogen-bond donors (Lipinski definition) is 0. The third-order valence-corrected chi connectivity index (χ3v) is 5.84. The number of anilines is 1. The fraction of sp³-hybridized carbons (Fsp3) is 0.650. The summed E-state index contributed by atoms with van der Waals surface area (Å²) >= 11 is 0. The van der Waals surface area contributed by atoms with Gasteiger partial charge in [-0.2, -0.15) is 0 Å². The van der Waals surface area contributed by atoms with Crippen LogP contribution in [0.25, 0.3) is 0 Å². The molecular weight excluding hydrogens is 319 g/mol. The van der Waals surface area contributed by atoms with Crippen molar-refractivity contribution in [1.29, 1.82) is 0 Å². The van der Waals surface area contributed by atoms with E-state index in [4.69, 9.17) is 4.74 Å².